The predicted octanol–water partition coefficient (Wildman–Crippen LogP) is 3.83. The SMILES string of the molecule is O=C(O)N1CCC(c2nnc(Nc3nc4cc(C(F)(F)F)ccc4o3)o2)CC1. The van der Waals surface area contributed by atoms with Crippen molar-refractivity contribution in [3.05, 3.63) is 29.7 Å². The van der Waals surface area contributed by atoms with Gasteiger partial charge < -0.3 is 18.8 Å². The van der Waals surface area contributed by atoms with Gasteiger partial charge in [0, 0.05) is 19.0 Å². The zero-order valence-corrected chi connectivity index (χ0v) is 14.2. The van der Waals surface area contributed by atoms with Gasteiger partial charge in [-0.05, 0) is 31.0 Å². The van der Waals surface area contributed by atoms with Gasteiger partial charge in [0.15, 0.2) is 5.58 Å². The largest absolute Gasteiger partial charge is 0.465 e. The molecule has 9 nitrogen and oxygen atoms in total. The lowest BCUT2D eigenvalue weighted by atomic mass is 9.97. The van der Waals surface area contributed by atoms with E-state index < -0.39 is 17.8 Å². The van der Waals surface area contributed by atoms with Gasteiger partial charge in [0.1, 0.15) is 5.52 Å². The number of anilines is 2. The molecule has 12 heteroatoms. The Morgan fingerprint density at radius 3 is 2.61 bits per heavy atom. The van der Waals surface area contributed by atoms with Crippen LogP contribution in [-0.4, -0.2) is 44.4 Å². The molecule has 3 aromatic rings. The maximum atomic E-state index is 12.8. The Bertz CT molecular complexity index is 1010. The number of carboxylic acid groups (broad SMARTS) is 1. The van der Waals surface area contributed by atoms with Gasteiger partial charge in [0.25, 0.3) is 0 Å². The van der Waals surface area contributed by atoms with E-state index in [1.807, 2.05) is 0 Å². The molecule has 148 valence electrons. The third kappa shape index (κ3) is 3.57. The van der Waals surface area contributed by atoms with E-state index in [0.29, 0.717) is 31.8 Å². The van der Waals surface area contributed by atoms with E-state index in [2.05, 4.69) is 20.5 Å². The topological polar surface area (TPSA) is 118 Å². The van der Waals surface area contributed by atoms with Crippen molar-refractivity contribution in [3.63, 3.8) is 0 Å². The molecule has 0 spiro atoms. The Hall–Kier alpha value is -3.31. The molecule has 28 heavy (non-hydrogen) atoms. The van der Waals surface area contributed by atoms with E-state index in [-0.39, 0.29) is 29.0 Å². The van der Waals surface area contributed by atoms with E-state index in [9.17, 15) is 18.0 Å². The molecule has 1 saturated heterocycles. The van der Waals surface area contributed by atoms with Crippen LogP contribution in [-0.2, 0) is 6.18 Å². The fourth-order valence-corrected chi connectivity index (χ4v) is 3.02. The second kappa shape index (κ2) is 6.69. The van der Waals surface area contributed by atoms with Crippen molar-refractivity contribution >= 4 is 29.2 Å². The Balaban J connectivity index is 1.46. The van der Waals surface area contributed by atoms with Crippen molar-refractivity contribution in [2.24, 2.45) is 0 Å². The highest BCUT2D eigenvalue weighted by Crippen LogP contribution is 2.33. The van der Waals surface area contributed by atoms with Crippen LogP contribution in [0.4, 0.5) is 30.0 Å². The van der Waals surface area contributed by atoms with Crippen LogP contribution < -0.4 is 5.32 Å². The molecular formula is C16H14F3N5O4. The predicted molar refractivity (Wildman–Crippen MR) is 88.2 cm³/mol. The molecule has 0 atom stereocenters. The molecular weight excluding hydrogens is 383 g/mol. The van der Waals surface area contributed by atoms with E-state index in [1.54, 1.807) is 0 Å². The quantitative estimate of drug-likeness (QED) is 0.685. The first-order valence-corrected chi connectivity index (χ1v) is 8.35. The number of oxazole rings is 1. The highest BCUT2D eigenvalue weighted by atomic mass is 19.4. The molecule has 0 unspecified atom stereocenters. The summed E-state index contributed by atoms with van der Waals surface area (Å²) in [5.41, 5.74) is -0.609. The number of rotatable bonds is 3. The minimum Gasteiger partial charge on any atom is -0.465 e. The summed E-state index contributed by atoms with van der Waals surface area (Å²) in [5.74, 6) is 0.277. The summed E-state index contributed by atoms with van der Waals surface area (Å²) in [6.45, 7) is 0.746. The zero-order valence-electron chi connectivity index (χ0n) is 14.2. The third-order valence-electron chi connectivity index (χ3n) is 4.48. The number of nitrogens with one attached hydrogen (secondary N) is 1. The number of carbonyl (C=O) groups is 1. The molecule has 4 rings (SSSR count). The Morgan fingerprint density at radius 2 is 1.93 bits per heavy atom. The molecule has 2 aromatic heterocycles. The number of halogens is 3. The van der Waals surface area contributed by atoms with Gasteiger partial charge in [-0.3, -0.25) is 5.32 Å². The summed E-state index contributed by atoms with van der Waals surface area (Å²) in [5, 5.41) is 19.4. The first-order valence-electron chi connectivity index (χ1n) is 8.35. The molecule has 0 bridgehead atoms. The van der Waals surface area contributed by atoms with Crippen molar-refractivity contribution in [3.8, 4) is 0 Å². The fourth-order valence-electron chi connectivity index (χ4n) is 3.02. The Kier molecular flexibility index (Phi) is 4.32. The highest BCUT2D eigenvalue weighted by Gasteiger charge is 2.31. The van der Waals surface area contributed by atoms with Crippen LogP contribution in [0.15, 0.2) is 27.0 Å². The number of aromatic nitrogens is 3. The van der Waals surface area contributed by atoms with Crippen molar-refractivity contribution in [2.75, 3.05) is 18.4 Å². The van der Waals surface area contributed by atoms with Crippen LogP contribution in [0.1, 0.15) is 30.2 Å². The minimum absolute atomic E-state index is 0.0155. The summed E-state index contributed by atoms with van der Waals surface area (Å²) in [7, 11) is 0. The molecule has 1 aromatic carbocycles. The van der Waals surface area contributed by atoms with Crippen molar-refractivity contribution in [1.82, 2.24) is 20.1 Å². The highest BCUT2D eigenvalue weighted by molar-refractivity contribution is 5.75. The van der Waals surface area contributed by atoms with Crippen molar-refractivity contribution in [2.45, 2.75) is 24.9 Å². The maximum Gasteiger partial charge on any atom is 0.416 e. The van der Waals surface area contributed by atoms with Crippen LogP contribution in [0.5, 0.6) is 0 Å². The Morgan fingerprint density at radius 1 is 1.18 bits per heavy atom. The van der Waals surface area contributed by atoms with Crippen molar-refractivity contribution < 1.29 is 31.9 Å². The fraction of sp³-hybridized carbons (Fsp3) is 0.375. The van der Waals surface area contributed by atoms with E-state index in [4.69, 9.17) is 13.9 Å². The molecule has 2 N–H and O–H groups in total. The maximum absolute atomic E-state index is 12.8. The summed E-state index contributed by atoms with van der Waals surface area (Å²) >= 11 is 0. The van der Waals surface area contributed by atoms with Gasteiger partial charge in [-0.1, -0.05) is 5.10 Å². The number of hydrogen-bond donors (Lipinski definition) is 2. The first kappa shape index (κ1) is 18.1. The minimum atomic E-state index is -4.47. The first-order chi connectivity index (χ1) is 13.3. The zero-order chi connectivity index (χ0) is 19.9. The van der Waals surface area contributed by atoms with Gasteiger partial charge in [-0.25, -0.2) is 4.79 Å². The van der Waals surface area contributed by atoms with Crippen LogP contribution in [0.25, 0.3) is 11.1 Å². The van der Waals surface area contributed by atoms with Crippen LogP contribution in [0, 0.1) is 0 Å². The lowest BCUT2D eigenvalue weighted by molar-refractivity contribution is -0.137. The number of benzene rings is 1. The molecule has 0 radical (unpaired) electrons. The summed E-state index contributed by atoms with van der Waals surface area (Å²) in [6, 6.07) is 2.89. The van der Waals surface area contributed by atoms with Gasteiger partial charge in [0.2, 0.25) is 5.89 Å². The van der Waals surface area contributed by atoms with Gasteiger partial charge in [-0.2, -0.15) is 18.2 Å². The summed E-state index contributed by atoms with van der Waals surface area (Å²) in [6.07, 6.45) is -4.33. The smallest absolute Gasteiger partial charge is 0.416 e. The number of nitrogens with zero attached hydrogens (tertiary/aromatic N) is 4. The van der Waals surface area contributed by atoms with E-state index in [0.717, 1.165) is 12.1 Å². The number of alkyl halides is 3. The third-order valence-corrected chi connectivity index (χ3v) is 4.48. The number of fused-ring (bicyclic) bond motifs is 1. The molecule has 0 saturated carbocycles. The average molecular weight is 397 g/mol. The van der Waals surface area contributed by atoms with Crippen molar-refractivity contribution in [1.29, 1.82) is 0 Å². The summed E-state index contributed by atoms with van der Waals surface area (Å²) < 4.78 is 49.2. The molecule has 0 aliphatic carbocycles. The Labute approximate surface area is 155 Å². The van der Waals surface area contributed by atoms with E-state index >= 15 is 0 Å². The summed E-state index contributed by atoms with van der Waals surface area (Å²) in [4.78, 5) is 16.2. The lowest BCUT2D eigenvalue weighted by Gasteiger charge is -2.27. The van der Waals surface area contributed by atoms with Crippen LogP contribution >= 0.6 is 0 Å². The van der Waals surface area contributed by atoms with E-state index in [1.165, 1.54) is 11.0 Å². The molecule has 3 heterocycles. The second-order valence-electron chi connectivity index (χ2n) is 6.31. The van der Waals surface area contributed by atoms with Crippen LogP contribution in [0.2, 0.25) is 0 Å². The van der Waals surface area contributed by atoms with Gasteiger partial charge in [-0.15, -0.1) is 5.10 Å². The molecule has 1 aliphatic rings. The lowest BCUT2D eigenvalue weighted by Crippen LogP contribution is -2.36. The standard InChI is InChI=1S/C16H14F3N5O4/c17-16(18,19)9-1-2-11-10(7-9)20-13(27-11)21-14-23-22-12(28-14)8-3-5-24(6-4-8)15(25)26/h1-2,7-8H,3-6H2,(H,25,26)(H,20,21,23). The van der Waals surface area contributed by atoms with Crippen LogP contribution in [0.3, 0.4) is 0 Å². The number of piperidine rings is 1. The molecule has 1 fully saturated rings. The average Bonchev–Trinajstić information content (AvgIpc) is 3.27. The van der Waals surface area contributed by atoms with Gasteiger partial charge in [0.05, 0.1) is 5.56 Å². The number of amides is 1. The molecule has 1 amide bonds. The van der Waals surface area contributed by atoms with Gasteiger partial charge >= 0.3 is 24.3 Å². The number of hydrogen-bond acceptors (Lipinski definition) is 7. The number of likely N-dealkylation sites (tertiary alicyclic amines) is 1. The second-order valence-corrected chi connectivity index (χ2v) is 6.31. The normalized spacial score (nSPS) is 15.9. The molecule has 1 aliphatic heterocycles. The monoisotopic (exact) mass is 397 g/mol.